The summed E-state index contributed by atoms with van der Waals surface area (Å²) in [5, 5.41) is 11.6. The van der Waals surface area contributed by atoms with Gasteiger partial charge in [-0.15, -0.1) is 0 Å². The van der Waals surface area contributed by atoms with Crippen molar-refractivity contribution >= 4 is 17.6 Å². The Morgan fingerprint density at radius 3 is 2.24 bits per heavy atom. The number of aliphatic carboxylic acids is 1. The fraction of sp³-hybridized carbons (Fsp3) is 0.429. The van der Waals surface area contributed by atoms with E-state index in [9.17, 15) is 18.4 Å². The molecule has 0 aromatic heterocycles. The van der Waals surface area contributed by atoms with E-state index in [1.165, 1.54) is 24.3 Å². The highest BCUT2D eigenvalue weighted by Gasteiger charge is 2.65. The maximum atomic E-state index is 12.0. The Kier molecular flexibility index (Phi) is 3.85. The van der Waals surface area contributed by atoms with E-state index in [-0.39, 0.29) is 5.75 Å². The first kappa shape index (κ1) is 15.2. The van der Waals surface area contributed by atoms with Crippen LogP contribution >= 0.6 is 0 Å². The Hall–Kier alpha value is -2.18. The Bertz CT molecular complexity index is 557. The molecule has 0 heterocycles. The summed E-state index contributed by atoms with van der Waals surface area (Å²) in [4.78, 5) is 23.1. The quantitative estimate of drug-likeness (QED) is 0.876. The third-order valence-electron chi connectivity index (χ3n) is 3.72. The molecule has 21 heavy (non-hydrogen) atoms. The largest absolute Gasteiger partial charge is 0.481 e. The molecule has 1 saturated carbocycles. The molecule has 1 aromatic carbocycles. The lowest BCUT2D eigenvalue weighted by atomic mass is 10.1. The van der Waals surface area contributed by atoms with Crippen molar-refractivity contribution in [3.63, 3.8) is 0 Å². The van der Waals surface area contributed by atoms with Crippen molar-refractivity contribution in [3.05, 3.63) is 24.3 Å². The number of halogens is 2. The van der Waals surface area contributed by atoms with Gasteiger partial charge in [0.15, 0.2) is 0 Å². The van der Waals surface area contributed by atoms with Gasteiger partial charge in [0.25, 0.3) is 0 Å². The van der Waals surface area contributed by atoms with Crippen LogP contribution in [0.3, 0.4) is 0 Å². The standard InChI is InChI=1S/C14H15F2NO4/c1-14(2)9(10(14)12(19)20)11(18)17-7-3-5-8(6-4-7)21-13(15)16/h3-6,9-10,13H,1-2H3,(H,17,18)(H,19,20). The van der Waals surface area contributed by atoms with Crippen molar-refractivity contribution in [1.82, 2.24) is 0 Å². The molecule has 0 spiro atoms. The van der Waals surface area contributed by atoms with E-state index >= 15 is 0 Å². The average Bonchev–Trinajstić information content (AvgIpc) is 2.94. The summed E-state index contributed by atoms with van der Waals surface area (Å²) < 4.78 is 28.2. The van der Waals surface area contributed by atoms with Crippen molar-refractivity contribution < 1.29 is 28.2 Å². The van der Waals surface area contributed by atoms with Gasteiger partial charge < -0.3 is 15.2 Å². The maximum Gasteiger partial charge on any atom is 0.387 e. The number of alkyl halides is 2. The van der Waals surface area contributed by atoms with Crippen LogP contribution in [0, 0.1) is 17.3 Å². The maximum absolute atomic E-state index is 12.0. The first-order valence-corrected chi connectivity index (χ1v) is 6.32. The van der Waals surface area contributed by atoms with Gasteiger partial charge in [0.05, 0.1) is 11.8 Å². The molecule has 5 nitrogen and oxygen atoms in total. The van der Waals surface area contributed by atoms with E-state index in [4.69, 9.17) is 5.11 Å². The van der Waals surface area contributed by atoms with Gasteiger partial charge >= 0.3 is 12.6 Å². The Morgan fingerprint density at radius 2 is 1.81 bits per heavy atom. The van der Waals surface area contributed by atoms with E-state index in [1.807, 2.05) is 0 Å². The van der Waals surface area contributed by atoms with Gasteiger partial charge in [-0.1, -0.05) is 13.8 Å². The summed E-state index contributed by atoms with van der Waals surface area (Å²) in [5.41, 5.74) is -0.192. The van der Waals surface area contributed by atoms with E-state index in [0.29, 0.717) is 5.69 Å². The van der Waals surface area contributed by atoms with Gasteiger partial charge in [-0.25, -0.2) is 0 Å². The molecule has 1 amide bonds. The van der Waals surface area contributed by atoms with Crippen molar-refractivity contribution in [2.75, 3.05) is 5.32 Å². The number of rotatable bonds is 5. The Balaban J connectivity index is 1.99. The van der Waals surface area contributed by atoms with Crippen LogP contribution < -0.4 is 10.1 Å². The third-order valence-corrected chi connectivity index (χ3v) is 3.72. The third kappa shape index (κ3) is 3.12. The lowest BCUT2D eigenvalue weighted by Gasteiger charge is -2.08. The molecule has 1 aliphatic rings. The molecule has 0 saturated heterocycles. The van der Waals surface area contributed by atoms with Crippen molar-refractivity contribution in [2.45, 2.75) is 20.5 Å². The summed E-state index contributed by atoms with van der Waals surface area (Å²) in [7, 11) is 0. The van der Waals surface area contributed by atoms with Gasteiger partial charge in [-0.05, 0) is 29.7 Å². The monoisotopic (exact) mass is 299 g/mol. The highest BCUT2D eigenvalue weighted by Crippen LogP contribution is 2.58. The molecule has 0 bridgehead atoms. The number of anilines is 1. The second-order valence-corrected chi connectivity index (χ2v) is 5.51. The number of ether oxygens (including phenoxy) is 1. The number of benzene rings is 1. The predicted molar refractivity (Wildman–Crippen MR) is 70.1 cm³/mol. The summed E-state index contributed by atoms with van der Waals surface area (Å²) in [6.45, 7) is 0.527. The van der Waals surface area contributed by atoms with Gasteiger partial charge in [-0.3, -0.25) is 9.59 Å². The van der Waals surface area contributed by atoms with Gasteiger partial charge in [0.1, 0.15) is 5.75 Å². The van der Waals surface area contributed by atoms with E-state index in [0.717, 1.165) is 0 Å². The minimum absolute atomic E-state index is 0.0156. The number of nitrogens with one attached hydrogen (secondary N) is 1. The second-order valence-electron chi connectivity index (χ2n) is 5.51. The molecule has 7 heteroatoms. The molecule has 2 N–H and O–H groups in total. The molecule has 2 unspecified atom stereocenters. The molecule has 1 fully saturated rings. The SMILES string of the molecule is CC1(C)C(C(=O)O)C1C(=O)Nc1ccc(OC(F)F)cc1. The summed E-state index contributed by atoms with van der Waals surface area (Å²) in [5.74, 6) is -2.72. The van der Waals surface area contributed by atoms with E-state index in [1.54, 1.807) is 13.8 Å². The predicted octanol–water partition coefficient (Wildman–Crippen LogP) is 2.58. The van der Waals surface area contributed by atoms with Gasteiger partial charge in [0.2, 0.25) is 5.91 Å². The van der Waals surface area contributed by atoms with Crippen LogP contribution in [0.4, 0.5) is 14.5 Å². The first-order chi connectivity index (χ1) is 9.73. The number of carboxylic acid groups (broad SMARTS) is 1. The van der Waals surface area contributed by atoms with Crippen LogP contribution in [0.25, 0.3) is 0 Å². The zero-order valence-corrected chi connectivity index (χ0v) is 11.5. The average molecular weight is 299 g/mol. The number of carbonyl (C=O) groups excluding carboxylic acids is 1. The van der Waals surface area contributed by atoms with Crippen molar-refractivity contribution in [2.24, 2.45) is 17.3 Å². The normalized spacial score (nSPS) is 22.7. The number of amides is 1. The molecular formula is C14H15F2NO4. The summed E-state index contributed by atoms with van der Waals surface area (Å²) in [6.07, 6.45) is 0. The second kappa shape index (κ2) is 5.31. The fourth-order valence-electron chi connectivity index (χ4n) is 2.53. The number of carboxylic acids is 1. The van der Waals surface area contributed by atoms with Gasteiger partial charge in [-0.2, -0.15) is 8.78 Å². The Labute approximate surface area is 119 Å². The molecule has 2 atom stereocenters. The first-order valence-electron chi connectivity index (χ1n) is 6.32. The molecule has 0 radical (unpaired) electrons. The van der Waals surface area contributed by atoms with Crippen molar-refractivity contribution in [1.29, 1.82) is 0 Å². The van der Waals surface area contributed by atoms with Gasteiger partial charge in [0, 0.05) is 5.69 Å². The molecule has 2 rings (SSSR count). The zero-order valence-electron chi connectivity index (χ0n) is 11.5. The molecule has 1 aliphatic carbocycles. The highest BCUT2D eigenvalue weighted by molar-refractivity contribution is 5.99. The summed E-state index contributed by atoms with van der Waals surface area (Å²) >= 11 is 0. The summed E-state index contributed by atoms with van der Waals surface area (Å²) in [6, 6.07) is 5.44. The highest BCUT2D eigenvalue weighted by atomic mass is 19.3. The van der Waals surface area contributed by atoms with Crippen LogP contribution in [0.1, 0.15) is 13.8 Å². The zero-order chi connectivity index (χ0) is 15.8. The van der Waals surface area contributed by atoms with Crippen LogP contribution in [0.15, 0.2) is 24.3 Å². The Morgan fingerprint density at radius 1 is 1.24 bits per heavy atom. The molecule has 1 aromatic rings. The van der Waals surface area contributed by atoms with Crippen LogP contribution in [0.2, 0.25) is 0 Å². The number of carbonyl (C=O) groups is 2. The number of hydrogen-bond acceptors (Lipinski definition) is 3. The molecule has 114 valence electrons. The lowest BCUT2D eigenvalue weighted by molar-refractivity contribution is -0.140. The fourth-order valence-corrected chi connectivity index (χ4v) is 2.53. The molecule has 0 aliphatic heterocycles. The smallest absolute Gasteiger partial charge is 0.387 e. The number of hydrogen-bond donors (Lipinski definition) is 2. The van der Waals surface area contributed by atoms with Crippen LogP contribution in [-0.4, -0.2) is 23.6 Å². The minimum Gasteiger partial charge on any atom is -0.481 e. The van der Waals surface area contributed by atoms with Crippen LogP contribution in [0.5, 0.6) is 5.75 Å². The van der Waals surface area contributed by atoms with E-state index in [2.05, 4.69) is 10.1 Å². The topological polar surface area (TPSA) is 75.6 Å². The lowest BCUT2D eigenvalue weighted by Crippen LogP contribution is -2.17. The molecular weight excluding hydrogens is 284 g/mol. The van der Waals surface area contributed by atoms with E-state index < -0.39 is 35.7 Å². The van der Waals surface area contributed by atoms with Crippen molar-refractivity contribution in [3.8, 4) is 5.75 Å². The minimum atomic E-state index is -2.91. The van der Waals surface area contributed by atoms with Crippen LogP contribution in [-0.2, 0) is 9.59 Å².